The molecule has 2 aromatic carbocycles. The van der Waals surface area contributed by atoms with Crippen molar-refractivity contribution in [2.24, 2.45) is 0 Å². The fourth-order valence-electron chi connectivity index (χ4n) is 3.76. The molecule has 1 atom stereocenters. The van der Waals surface area contributed by atoms with E-state index in [1.54, 1.807) is 12.1 Å². The van der Waals surface area contributed by atoms with Crippen LogP contribution in [0, 0.1) is 17.1 Å². The quantitative estimate of drug-likeness (QED) is 0.549. The Morgan fingerprint density at radius 3 is 2.45 bits per heavy atom. The van der Waals surface area contributed by atoms with Crippen LogP contribution >= 0.6 is 0 Å². The van der Waals surface area contributed by atoms with Crippen LogP contribution in [-0.4, -0.2) is 52.7 Å². The van der Waals surface area contributed by atoms with Gasteiger partial charge in [-0.05, 0) is 17.7 Å². The lowest BCUT2D eigenvalue weighted by Crippen LogP contribution is -2.51. The zero-order valence-electron chi connectivity index (χ0n) is 15.6. The summed E-state index contributed by atoms with van der Waals surface area (Å²) in [5.41, 5.74) is 1.43. The molecule has 3 aromatic rings. The van der Waals surface area contributed by atoms with E-state index in [2.05, 4.69) is 11.1 Å². The molecule has 1 aliphatic heterocycles. The second-order valence-electron chi connectivity index (χ2n) is 6.96. The van der Waals surface area contributed by atoms with E-state index in [-0.39, 0.29) is 10.9 Å². The van der Waals surface area contributed by atoms with Crippen LogP contribution in [-0.2, 0) is 4.79 Å². The number of aromatic nitrogens is 1. The highest BCUT2D eigenvalue weighted by Crippen LogP contribution is 2.24. The van der Waals surface area contributed by atoms with E-state index in [1.165, 1.54) is 17.2 Å². The summed E-state index contributed by atoms with van der Waals surface area (Å²) >= 11 is 0. The molecule has 1 saturated heterocycles. The Labute approximate surface area is 167 Å². The number of benzene rings is 2. The van der Waals surface area contributed by atoms with Gasteiger partial charge in [-0.15, -0.1) is 0 Å². The number of amides is 1. The van der Waals surface area contributed by atoms with Gasteiger partial charge in [-0.3, -0.25) is 14.5 Å². The average molecular weight is 390 g/mol. The number of ketones is 1. The van der Waals surface area contributed by atoms with Gasteiger partial charge < -0.3 is 9.88 Å². The molecule has 29 heavy (non-hydrogen) atoms. The largest absolute Gasteiger partial charge is 0.360 e. The van der Waals surface area contributed by atoms with Gasteiger partial charge in [0.05, 0.1) is 11.6 Å². The van der Waals surface area contributed by atoms with Crippen LogP contribution in [0.15, 0.2) is 54.7 Å². The number of aromatic amines is 1. The summed E-state index contributed by atoms with van der Waals surface area (Å²) in [7, 11) is 0. The van der Waals surface area contributed by atoms with Crippen molar-refractivity contribution in [2.75, 3.05) is 26.2 Å². The second kappa shape index (κ2) is 7.86. The van der Waals surface area contributed by atoms with Crippen LogP contribution in [0.4, 0.5) is 4.39 Å². The Hall–Kier alpha value is -3.50. The first-order valence-electron chi connectivity index (χ1n) is 9.38. The Morgan fingerprint density at radius 1 is 1.03 bits per heavy atom. The van der Waals surface area contributed by atoms with Gasteiger partial charge in [0.2, 0.25) is 0 Å². The van der Waals surface area contributed by atoms with Gasteiger partial charge in [0.25, 0.3) is 11.7 Å². The number of carbonyl (C=O) groups is 2. The summed E-state index contributed by atoms with van der Waals surface area (Å²) in [6, 6.07) is 15.9. The maximum atomic E-state index is 14.2. The third-order valence-electron chi connectivity index (χ3n) is 5.30. The predicted octanol–water partition coefficient (Wildman–Crippen LogP) is 2.90. The Balaban J connectivity index is 1.46. The fraction of sp³-hybridized carbons (Fsp3) is 0.227. The molecule has 0 radical (unpaired) electrons. The Bertz CT molecular complexity index is 1090. The maximum Gasteiger partial charge on any atom is 0.295 e. The molecule has 0 aliphatic carbocycles. The summed E-state index contributed by atoms with van der Waals surface area (Å²) in [5.74, 6) is -1.92. The number of nitrogens with one attached hydrogen (secondary N) is 1. The molecule has 146 valence electrons. The highest BCUT2D eigenvalue weighted by molar-refractivity contribution is 6.44. The smallest absolute Gasteiger partial charge is 0.295 e. The van der Waals surface area contributed by atoms with E-state index in [4.69, 9.17) is 0 Å². The molecule has 0 bridgehead atoms. The van der Waals surface area contributed by atoms with Gasteiger partial charge in [-0.1, -0.05) is 36.4 Å². The number of nitriles is 1. The van der Waals surface area contributed by atoms with E-state index in [0.29, 0.717) is 31.7 Å². The number of nitrogens with zero attached hydrogens (tertiary/aromatic N) is 3. The Morgan fingerprint density at radius 2 is 1.76 bits per heavy atom. The van der Waals surface area contributed by atoms with Crippen molar-refractivity contribution in [2.45, 2.75) is 6.04 Å². The SMILES string of the molecule is N#CC(c1ccccc1)N1CCN(C(=O)C(=O)c2c[nH]c3cccc(F)c23)CC1. The molecule has 1 N–H and O–H groups in total. The average Bonchev–Trinajstić information content (AvgIpc) is 3.20. The minimum absolute atomic E-state index is 0.0460. The predicted molar refractivity (Wildman–Crippen MR) is 106 cm³/mol. The Kier molecular flexibility index (Phi) is 5.10. The molecule has 1 aliphatic rings. The number of hydrogen-bond donors (Lipinski definition) is 1. The number of H-pyrrole nitrogens is 1. The zero-order chi connectivity index (χ0) is 20.4. The molecular formula is C22H19FN4O2. The molecule has 7 heteroatoms. The van der Waals surface area contributed by atoms with Gasteiger partial charge in [0.1, 0.15) is 11.9 Å². The summed E-state index contributed by atoms with van der Waals surface area (Å²) in [5, 5.41) is 9.72. The lowest BCUT2D eigenvalue weighted by molar-refractivity contribution is -0.128. The third kappa shape index (κ3) is 3.50. The van der Waals surface area contributed by atoms with Crippen molar-refractivity contribution in [3.63, 3.8) is 0 Å². The summed E-state index contributed by atoms with van der Waals surface area (Å²) in [6.45, 7) is 1.63. The van der Waals surface area contributed by atoms with Gasteiger partial charge in [0.15, 0.2) is 0 Å². The molecule has 2 heterocycles. The minimum atomic E-state index is -0.727. The number of carbonyl (C=O) groups excluding carboxylic acids is 2. The summed E-state index contributed by atoms with van der Waals surface area (Å²) in [6.07, 6.45) is 1.38. The molecule has 6 nitrogen and oxygen atoms in total. The van der Waals surface area contributed by atoms with Crippen LogP contribution in [0.2, 0.25) is 0 Å². The monoisotopic (exact) mass is 390 g/mol. The zero-order valence-corrected chi connectivity index (χ0v) is 15.6. The molecule has 0 spiro atoms. The van der Waals surface area contributed by atoms with Gasteiger partial charge in [-0.25, -0.2) is 4.39 Å². The van der Waals surface area contributed by atoms with Gasteiger partial charge in [0, 0.05) is 43.3 Å². The molecule has 4 rings (SSSR count). The molecule has 1 unspecified atom stereocenters. The van der Waals surface area contributed by atoms with E-state index in [9.17, 15) is 19.2 Å². The van der Waals surface area contributed by atoms with Crippen LogP contribution in [0.5, 0.6) is 0 Å². The summed E-state index contributed by atoms with van der Waals surface area (Å²) < 4.78 is 14.2. The van der Waals surface area contributed by atoms with Gasteiger partial charge >= 0.3 is 0 Å². The first-order chi connectivity index (χ1) is 14.1. The molecule has 1 amide bonds. The van der Waals surface area contributed by atoms with Gasteiger partial charge in [-0.2, -0.15) is 5.26 Å². The van der Waals surface area contributed by atoms with E-state index in [1.807, 2.05) is 35.2 Å². The van der Waals surface area contributed by atoms with Crippen LogP contribution in [0.1, 0.15) is 22.0 Å². The first-order valence-corrected chi connectivity index (χ1v) is 9.38. The van der Waals surface area contributed by atoms with Crippen molar-refractivity contribution >= 4 is 22.6 Å². The topological polar surface area (TPSA) is 80.2 Å². The lowest BCUT2D eigenvalue weighted by Gasteiger charge is -2.36. The number of rotatable bonds is 4. The van der Waals surface area contributed by atoms with E-state index in [0.717, 1.165) is 5.56 Å². The number of hydrogen-bond acceptors (Lipinski definition) is 4. The van der Waals surface area contributed by atoms with Crippen molar-refractivity contribution in [3.05, 3.63) is 71.7 Å². The molecule has 1 fully saturated rings. The summed E-state index contributed by atoms with van der Waals surface area (Å²) in [4.78, 5) is 31.7. The molecule has 0 saturated carbocycles. The van der Waals surface area contributed by atoms with Crippen LogP contribution < -0.4 is 0 Å². The van der Waals surface area contributed by atoms with Crippen LogP contribution in [0.3, 0.4) is 0 Å². The number of piperazine rings is 1. The minimum Gasteiger partial charge on any atom is -0.360 e. The first kappa shape index (κ1) is 18.8. The standard InChI is InChI=1S/C22H19FN4O2/c23-17-7-4-8-18-20(17)16(14-25-18)21(28)22(29)27-11-9-26(10-12-27)19(13-24)15-5-2-1-3-6-15/h1-8,14,19,25H,9-12H2. The number of halogens is 1. The van der Waals surface area contributed by atoms with Crippen molar-refractivity contribution in [3.8, 4) is 6.07 Å². The van der Waals surface area contributed by atoms with Crippen molar-refractivity contribution < 1.29 is 14.0 Å². The van der Waals surface area contributed by atoms with E-state index < -0.39 is 23.5 Å². The second-order valence-corrected chi connectivity index (χ2v) is 6.96. The molecular weight excluding hydrogens is 371 g/mol. The normalized spacial score (nSPS) is 15.8. The highest BCUT2D eigenvalue weighted by Gasteiger charge is 2.31. The van der Waals surface area contributed by atoms with Crippen LogP contribution in [0.25, 0.3) is 10.9 Å². The molecule has 1 aromatic heterocycles. The number of fused-ring (bicyclic) bond motifs is 1. The maximum absolute atomic E-state index is 14.2. The highest BCUT2D eigenvalue weighted by atomic mass is 19.1. The third-order valence-corrected chi connectivity index (χ3v) is 5.30. The van der Waals surface area contributed by atoms with Crippen molar-refractivity contribution in [1.29, 1.82) is 5.26 Å². The van der Waals surface area contributed by atoms with E-state index >= 15 is 0 Å². The lowest BCUT2D eigenvalue weighted by atomic mass is 10.0. The fourth-order valence-corrected chi connectivity index (χ4v) is 3.76. The number of Topliss-reactive ketones (excluding diaryl/α,β-unsaturated/α-hetero) is 1. The van der Waals surface area contributed by atoms with Crippen molar-refractivity contribution in [1.82, 2.24) is 14.8 Å².